The van der Waals surface area contributed by atoms with Gasteiger partial charge in [0.05, 0.1) is 6.04 Å². The molecule has 3 heteroatoms. The van der Waals surface area contributed by atoms with Gasteiger partial charge in [-0.05, 0) is 30.2 Å². The maximum atomic E-state index is 11.8. The third-order valence-corrected chi connectivity index (χ3v) is 3.43. The van der Waals surface area contributed by atoms with Gasteiger partial charge in [0.1, 0.15) is 0 Å². The van der Waals surface area contributed by atoms with Crippen molar-refractivity contribution in [2.75, 3.05) is 6.54 Å². The van der Waals surface area contributed by atoms with Gasteiger partial charge in [0.15, 0.2) is 0 Å². The van der Waals surface area contributed by atoms with Crippen molar-refractivity contribution in [3.05, 3.63) is 35.9 Å². The molecular formula is C14H20N2O. The Kier molecular flexibility index (Phi) is 3.48. The van der Waals surface area contributed by atoms with E-state index in [9.17, 15) is 4.79 Å². The van der Waals surface area contributed by atoms with Crippen molar-refractivity contribution in [1.82, 2.24) is 5.32 Å². The molecule has 3 nitrogen and oxygen atoms in total. The summed E-state index contributed by atoms with van der Waals surface area (Å²) < 4.78 is 0. The molecule has 1 aromatic rings. The summed E-state index contributed by atoms with van der Waals surface area (Å²) in [6, 6.07) is 9.43. The Hall–Kier alpha value is -1.35. The van der Waals surface area contributed by atoms with Gasteiger partial charge in [-0.3, -0.25) is 4.79 Å². The minimum atomic E-state index is -0.445. The van der Waals surface area contributed by atoms with E-state index in [0.29, 0.717) is 11.8 Å². The van der Waals surface area contributed by atoms with Gasteiger partial charge in [-0.2, -0.15) is 0 Å². The highest BCUT2D eigenvalue weighted by Gasteiger charge is 2.37. The van der Waals surface area contributed by atoms with Crippen molar-refractivity contribution in [1.29, 1.82) is 0 Å². The number of amides is 1. The van der Waals surface area contributed by atoms with Crippen LogP contribution in [0.2, 0.25) is 0 Å². The Bertz CT molecular complexity index is 384. The second kappa shape index (κ2) is 4.88. The first-order chi connectivity index (χ1) is 8.09. The second-order valence-electron chi connectivity index (χ2n) is 5.32. The predicted molar refractivity (Wildman–Crippen MR) is 68.5 cm³/mol. The zero-order valence-electron chi connectivity index (χ0n) is 10.3. The zero-order valence-corrected chi connectivity index (χ0v) is 10.3. The van der Waals surface area contributed by atoms with Crippen LogP contribution in [0, 0.1) is 5.41 Å². The molecule has 1 aliphatic carbocycles. The minimum absolute atomic E-state index is 0.0398. The summed E-state index contributed by atoms with van der Waals surface area (Å²) in [5.41, 5.74) is 7.33. The Morgan fingerprint density at radius 1 is 1.41 bits per heavy atom. The van der Waals surface area contributed by atoms with E-state index in [2.05, 4.69) is 12.2 Å². The van der Waals surface area contributed by atoms with Crippen LogP contribution in [0.4, 0.5) is 0 Å². The normalized spacial score (nSPS) is 18.5. The summed E-state index contributed by atoms with van der Waals surface area (Å²) in [7, 11) is 0. The molecule has 0 radical (unpaired) electrons. The third kappa shape index (κ3) is 3.56. The van der Waals surface area contributed by atoms with Gasteiger partial charge in [-0.25, -0.2) is 0 Å². The molecule has 1 fully saturated rings. The van der Waals surface area contributed by atoms with Crippen molar-refractivity contribution in [2.24, 2.45) is 11.1 Å². The van der Waals surface area contributed by atoms with Crippen LogP contribution < -0.4 is 11.1 Å². The first-order valence-corrected chi connectivity index (χ1v) is 6.16. The highest BCUT2D eigenvalue weighted by atomic mass is 16.2. The average Bonchev–Trinajstić information content (AvgIpc) is 3.06. The number of nitrogens with one attached hydrogen (secondary N) is 1. The fourth-order valence-corrected chi connectivity index (χ4v) is 1.78. The lowest BCUT2D eigenvalue weighted by Gasteiger charge is -2.14. The number of benzene rings is 1. The zero-order chi connectivity index (χ0) is 12.3. The fourth-order valence-electron chi connectivity index (χ4n) is 1.78. The average molecular weight is 232 g/mol. The van der Waals surface area contributed by atoms with Crippen LogP contribution in [0.15, 0.2) is 30.3 Å². The largest absolute Gasteiger partial charge is 0.354 e. The van der Waals surface area contributed by atoms with E-state index in [1.54, 1.807) is 0 Å². The Labute approximate surface area is 102 Å². The molecule has 2 rings (SSSR count). The second-order valence-corrected chi connectivity index (χ2v) is 5.32. The molecule has 17 heavy (non-hydrogen) atoms. The van der Waals surface area contributed by atoms with Crippen LogP contribution in [0.25, 0.3) is 0 Å². The van der Waals surface area contributed by atoms with Crippen molar-refractivity contribution in [3.8, 4) is 0 Å². The van der Waals surface area contributed by atoms with E-state index in [4.69, 9.17) is 5.73 Å². The van der Waals surface area contributed by atoms with Gasteiger partial charge in [-0.1, -0.05) is 37.3 Å². The molecule has 0 unspecified atom stereocenters. The highest BCUT2D eigenvalue weighted by Crippen LogP contribution is 2.43. The molecular weight excluding hydrogens is 212 g/mol. The minimum Gasteiger partial charge on any atom is -0.354 e. The number of carbonyl (C=O) groups excluding carboxylic acids is 1. The van der Waals surface area contributed by atoms with Crippen molar-refractivity contribution in [3.63, 3.8) is 0 Å². The summed E-state index contributed by atoms with van der Waals surface area (Å²) in [6.45, 7) is 2.95. The fraction of sp³-hybridized carbons (Fsp3) is 0.500. The van der Waals surface area contributed by atoms with Crippen LogP contribution >= 0.6 is 0 Å². The van der Waals surface area contributed by atoms with Gasteiger partial charge < -0.3 is 11.1 Å². The van der Waals surface area contributed by atoms with Gasteiger partial charge in [0.2, 0.25) is 5.91 Å². The van der Waals surface area contributed by atoms with E-state index in [1.807, 2.05) is 30.3 Å². The summed E-state index contributed by atoms with van der Waals surface area (Å²) >= 11 is 0. The maximum Gasteiger partial charge on any atom is 0.237 e. The summed E-state index contributed by atoms with van der Waals surface area (Å²) in [5, 5.41) is 2.94. The van der Waals surface area contributed by atoms with Crippen LogP contribution in [0.1, 0.15) is 25.3 Å². The summed E-state index contributed by atoms with van der Waals surface area (Å²) in [5.74, 6) is -0.0398. The number of rotatable bonds is 5. The summed E-state index contributed by atoms with van der Waals surface area (Å²) in [4.78, 5) is 11.8. The number of nitrogens with two attached hydrogens (primary N) is 1. The lowest BCUT2D eigenvalue weighted by molar-refractivity contribution is -0.122. The third-order valence-electron chi connectivity index (χ3n) is 3.43. The SMILES string of the molecule is CC1(CNC(=O)[C@@H](N)Cc2ccccc2)CC1. The molecule has 1 atom stereocenters. The molecule has 0 bridgehead atoms. The molecule has 1 aliphatic rings. The van der Waals surface area contributed by atoms with E-state index in [1.165, 1.54) is 12.8 Å². The van der Waals surface area contributed by atoms with Crippen molar-refractivity contribution in [2.45, 2.75) is 32.2 Å². The standard InChI is InChI=1S/C14H20N2O/c1-14(7-8-14)10-16-13(17)12(15)9-11-5-3-2-4-6-11/h2-6,12H,7-10,15H2,1H3,(H,16,17)/t12-/m0/s1. The predicted octanol–water partition coefficient (Wildman–Crippen LogP) is 1.47. The lowest BCUT2D eigenvalue weighted by Crippen LogP contribution is -2.43. The quantitative estimate of drug-likeness (QED) is 0.807. The molecule has 0 saturated heterocycles. The highest BCUT2D eigenvalue weighted by molar-refractivity contribution is 5.81. The number of carbonyl (C=O) groups is 1. The molecule has 3 N–H and O–H groups in total. The van der Waals surface area contributed by atoms with Gasteiger partial charge in [-0.15, -0.1) is 0 Å². The topological polar surface area (TPSA) is 55.1 Å². The van der Waals surface area contributed by atoms with E-state index in [0.717, 1.165) is 12.1 Å². The van der Waals surface area contributed by atoms with Crippen LogP contribution in [0.5, 0.6) is 0 Å². The van der Waals surface area contributed by atoms with Crippen LogP contribution in [0.3, 0.4) is 0 Å². The summed E-state index contributed by atoms with van der Waals surface area (Å²) in [6.07, 6.45) is 3.02. The molecule has 0 aromatic heterocycles. The first-order valence-electron chi connectivity index (χ1n) is 6.16. The Balaban J connectivity index is 1.79. The van der Waals surface area contributed by atoms with Crippen molar-refractivity contribution >= 4 is 5.91 Å². The molecule has 0 spiro atoms. The first kappa shape index (κ1) is 12.1. The van der Waals surface area contributed by atoms with Crippen molar-refractivity contribution < 1.29 is 4.79 Å². The lowest BCUT2D eigenvalue weighted by atomic mass is 10.1. The van der Waals surface area contributed by atoms with Crippen LogP contribution in [-0.2, 0) is 11.2 Å². The smallest absolute Gasteiger partial charge is 0.237 e. The molecule has 1 aromatic carbocycles. The Morgan fingerprint density at radius 2 is 2.06 bits per heavy atom. The van der Waals surface area contributed by atoms with Gasteiger partial charge in [0, 0.05) is 6.54 Å². The number of hydrogen-bond acceptors (Lipinski definition) is 2. The Morgan fingerprint density at radius 3 is 2.65 bits per heavy atom. The molecule has 0 aliphatic heterocycles. The maximum absolute atomic E-state index is 11.8. The van der Waals surface area contributed by atoms with E-state index >= 15 is 0 Å². The van der Waals surface area contributed by atoms with Gasteiger partial charge >= 0.3 is 0 Å². The number of hydrogen-bond donors (Lipinski definition) is 2. The molecule has 92 valence electrons. The van der Waals surface area contributed by atoms with Gasteiger partial charge in [0.25, 0.3) is 0 Å². The van der Waals surface area contributed by atoms with E-state index < -0.39 is 6.04 Å². The van der Waals surface area contributed by atoms with Crippen LogP contribution in [-0.4, -0.2) is 18.5 Å². The monoisotopic (exact) mass is 232 g/mol. The molecule has 1 amide bonds. The van der Waals surface area contributed by atoms with E-state index in [-0.39, 0.29) is 5.91 Å². The molecule has 1 saturated carbocycles. The molecule has 0 heterocycles.